The van der Waals surface area contributed by atoms with Gasteiger partial charge in [0.2, 0.25) is 0 Å². The van der Waals surface area contributed by atoms with E-state index >= 15 is 0 Å². The van der Waals surface area contributed by atoms with Gasteiger partial charge in [-0.3, -0.25) is 0 Å². The van der Waals surface area contributed by atoms with E-state index < -0.39 is 0 Å². The average Bonchev–Trinajstić information content (AvgIpc) is 2.17. The topological polar surface area (TPSA) is 38.7 Å². The number of aliphatic hydroxyl groups is 1. The van der Waals surface area contributed by atoms with E-state index in [2.05, 4.69) is 6.92 Å². The number of thioether (sulfide) groups is 1. The first-order chi connectivity index (χ1) is 6.81. The van der Waals surface area contributed by atoms with Crippen molar-refractivity contribution in [2.24, 2.45) is 0 Å². The molecule has 0 aliphatic rings. The standard InChI is InChI=1S/C10H22O3S/c1-10(4-5-11)14-9-3-6-13-8-7-12-2/h10-11H,3-9H2,1-2H3. The van der Waals surface area contributed by atoms with Crippen LogP contribution in [-0.2, 0) is 9.47 Å². The van der Waals surface area contributed by atoms with Crippen LogP contribution in [0.5, 0.6) is 0 Å². The van der Waals surface area contributed by atoms with E-state index in [0.29, 0.717) is 25.1 Å². The average molecular weight is 222 g/mol. The molecule has 0 aliphatic heterocycles. The molecule has 4 heteroatoms. The molecule has 0 spiro atoms. The second-order valence-electron chi connectivity index (χ2n) is 3.15. The maximum atomic E-state index is 8.68. The van der Waals surface area contributed by atoms with Crippen LogP contribution in [0.1, 0.15) is 19.8 Å². The molecule has 0 heterocycles. The molecule has 14 heavy (non-hydrogen) atoms. The third-order valence-corrected chi connectivity index (χ3v) is 3.13. The molecule has 1 unspecified atom stereocenters. The molecule has 0 rings (SSSR count). The summed E-state index contributed by atoms with van der Waals surface area (Å²) in [7, 11) is 1.68. The molecule has 0 saturated carbocycles. The van der Waals surface area contributed by atoms with Crippen molar-refractivity contribution in [3.8, 4) is 0 Å². The second kappa shape index (κ2) is 11.3. The number of ether oxygens (including phenoxy) is 2. The zero-order valence-electron chi connectivity index (χ0n) is 9.20. The predicted octanol–water partition coefficient (Wildman–Crippen LogP) is 1.54. The van der Waals surface area contributed by atoms with Crippen LogP contribution in [-0.4, -0.2) is 49.6 Å². The van der Waals surface area contributed by atoms with Crippen molar-refractivity contribution < 1.29 is 14.6 Å². The van der Waals surface area contributed by atoms with E-state index in [-0.39, 0.29) is 0 Å². The minimum absolute atomic E-state index is 0.290. The molecule has 0 fully saturated rings. The Balaban J connectivity index is 2.98. The summed E-state index contributed by atoms with van der Waals surface area (Å²) in [5.41, 5.74) is 0. The lowest BCUT2D eigenvalue weighted by Gasteiger charge is -2.09. The molecule has 0 radical (unpaired) electrons. The van der Waals surface area contributed by atoms with Crippen LogP contribution >= 0.6 is 11.8 Å². The normalized spacial score (nSPS) is 13.1. The van der Waals surface area contributed by atoms with Crippen molar-refractivity contribution in [2.45, 2.75) is 25.0 Å². The minimum atomic E-state index is 0.290. The number of hydrogen-bond donors (Lipinski definition) is 1. The first-order valence-electron chi connectivity index (χ1n) is 5.10. The molecule has 0 saturated heterocycles. The summed E-state index contributed by atoms with van der Waals surface area (Å²) in [4.78, 5) is 0. The summed E-state index contributed by atoms with van der Waals surface area (Å²) in [5.74, 6) is 1.11. The van der Waals surface area contributed by atoms with Gasteiger partial charge >= 0.3 is 0 Å². The zero-order valence-corrected chi connectivity index (χ0v) is 10.0. The van der Waals surface area contributed by atoms with Gasteiger partial charge in [0.05, 0.1) is 13.2 Å². The highest BCUT2D eigenvalue weighted by molar-refractivity contribution is 7.99. The highest BCUT2D eigenvalue weighted by Gasteiger charge is 2.00. The molecule has 0 bridgehead atoms. The SMILES string of the molecule is COCCOCCCSC(C)CCO. The summed E-state index contributed by atoms with van der Waals surface area (Å²) in [6.07, 6.45) is 1.96. The van der Waals surface area contributed by atoms with Gasteiger partial charge in [-0.1, -0.05) is 6.92 Å². The highest BCUT2D eigenvalue weighted by atomic mass is 32.2. The van der Waals surface area contributed by atoms with Gasteiger partial charge in [-0.2, -0.15) is 11.8 Å². The molecular formula is C10H22O3S. The summed E-state index contributed by atoms with van der Waals surface area (Å²) in [6, 6.07) is 0. The Labute approximate surface area is 91.2 Å². The Morgan fingerprint density at radius 3 is 2.71 bits per heavy atom. The van der Waals surface area contributed by atoms with Crippen molar-refractivity contribution in [2.75, 3.05) is 39.3 Å². The minimum Gasteiger partial charge on any atom is -0.396 e. The van der Waals surface area contributed by atoms with Crippen molar-refractivity contribution in [1.82, 2.24) is 0 Å². The van der Waals surface area contributed by atoms with Gasteiger partial charge in [0.1, 0.15) is 0 Å². The van der Waals surface area contributed by atoms with Crippen LogP contribution in [0, 0.1) is 0 Å². The predicted molar refractivity (Wildman–Crippen MR) is 60.9 cm³/mol. The molecule has 3 nitrogen and oxygen atoms in total. The van der Waals surface area contributed by atoms with Crippen LogP contribution in [0.3, 0.4) is 0 Å². The van der Waals surface area contributed by atoms with E-state index in [4.69, 9.17) is 14.6 Å². The van der Waals surface area contributed by atoms with E-state index in [1.54, 1.807) is 7.11 Å². The molecule has 1 N–H and O–H groups in total. The van der Waals surface area contributed by atoms with Gasteiger partial charge < -0.3 is 14.6 Å². The molecule has 0 aliphatic carbocycles. The number of aliphatic hydroxyl groups excluding tert-OH is 1. The first kappa shape index (κ1) is 14.2. The second-order valence-corrected chi connectivity index (χ2v) is 4.70. The van der Waals surface area contributed by atoms with Gasteiger partial charge in [-0.15, -0.1) is 0 Å². The molecule has 0 aromatic heterocycles. The van der Waals surface area contributed by atoms with Gasteiger partial charge in [0, 0.05) is 25.6 Å². The number of methoxy groups -OCH3 is 1. The van der Waals surface area contributed by atoms with Crippen LogP contribution in [0.25, 0.3) is 0 Å². The molecular weight excluding hydrogens is 200 g/mol. The fourth-order valence-electron chi connectivity index (χ4n) is 0.955. The Kier molecular flexibility index (Phi) is 11.5. The maximum Gasteiger partial charge on any atom is 0.0700 e. The molecule has 0 aromatic carbocycles. The quantitative estimate of drug-likeness (QED) is 0.569. The lowest BCUT2D eigenvalue weighted by atomic mass is 10.3. The number of rotatable bonds is 10. The van der Waals surface area contributed by atoms with Crippen molar-refractivity contribution >= 4 is 11.8 Å². The molecule has 1 atom stereocenters. The van der Waals surface area contributed by atoms with Crippen LogP contribution in [0.2, 0.25) is 0 Å². The van der Waals surface area contributed by atoms with Crippen LogP contribution in [0.4, 0.5) is 0 Å². The van der Waals surface area contributed by atoms with Crippen LogP contribution in [0.15, 0.2) is 0 Å². The first-order valence-corrected chi connectivity index (χ1v) is 6.15. The summed E-state index contributed by atoms with van der Waals surface area (Å²) in [6.45, 7) is 4.61. The van der Waals surface area contributed by atoms with E-state index in [1.165, 1.54) is 0 Å². The Morgan fingerprint density at radius 2 is 2.07 bits per heavy atom. The Morgan fingerprint density at radius 1 is 1.29 bits per heavy atom. The van der Waals surface area contributed by atoms with Crippen molar-refractivity contribution in [3.63, 3.8) is 0 Å². The summed E-state index contributed by atoms with van der Waals surface area (Å²) in [5, 5.41) is 9.24. The zero-order chi connectivity index (χ0) is 10.6. The Hall–Kier alpha value is 0.230. The maximum absolute atomic E-state index is 8.68. The van der Waals surface area contributed by atoms with E-state index in [0.717, 1.165) is 25.2 Å². The van der Waals surface area contributed by atoms with Gasteiger partial charge in [0.15, 0.2) is 0 Å². The fourth-order valence-corrected chi connectivity index (χ4v) is 1.91. The summed E-state index contributed by atoms with van der Waals surface area (Å²) < 4.78 is 10.2. The molecule has 86 valence electrons. The fraction of sp³-hybridized carbons (Fsp3) is 1.00. The lowest BCUT2D eigenvalue weighted by molar-refractivity contribution is 0.0713. The Bertz CT molecular complexity index is 112. The van der Waals surface area contributed by atoms with Crippen LogP contribution < -0.4 is 0 Å². The van der Waals surface area contributed by atoms with Gasteiger partial charge in [0.25, 0.3) is 0 Å². The third-order valence-electron chi connectivity index (χ3n) is 1.80. The molecule has 0 aromatic rings. The molecule has 0 amide bonds. The van der Waals surface area contributed by atoms with E-state index in [9.17, 15) is 0 Å². The largest absolute Gasteiger partial charge is 0.396 e. The summed E-state index contributed by atoms with van der Waals surface area (Å²) >= 11 is 1.89. The van der Waals surface area contributed by atoms with Gasteiger partial charge in [-0.25, -0.2) is 0 Å². The van der Waals surface area contributed by atoms with Crippen molar-refractivity contribution in [3.05, 3.63) is 0 Å². The van der Waals surface area contributed by atoms with Gasteiger partial charge in [-0.05, 0) is 18.6 Å². The van der Waals surface area contributed by atoms with Crippen molar-refractivity contribution in [1.29, 1.82) is 0 Å². The highest BCUT2D eigenvalue weighted by Crippen LogP contribution is 2.14. The number of hydrogen-bond acceptors (Lipinski definition) is 4. The lowest BCUT2D eigenvalue weighted by Crippen LogP contribution is -2.05. The third kappa shape index (κ3) is 10.3. The monoisotopic (exact) mass is 222 g/mol. The van der Waals surface area contributed by atoms with E-state index in [1.807, 2.05) is 11.8 Å². The smallest absolute Gasteiger partial charge is 0.0700 e.